The number of fused-ring (bicyclic) bond motifs is 1. The largest absolute Gasteiger partial charge is 0.494 e. The molecule has 2 saturated heterocycles. The molecule has 2 N–H and O–H groups in total. The summed E-state index contributed by atoms with van der Waals surface area (Å²) in [6, 6.07) is 16.0. The molecule has 0 radical (unpaired) electrons. The van der Waals surface area contributed by atoms with Crippen molar-refractivity contribution < 1.29 is 23.9 Å². The van der Waals surface area contributed by atoms with Crippen LogP contribution in [-0.2, 0) is 25.7 Å². The van der Waals surface area contributed by atoms with Crippen LogP contribution in [0.5, 0.6) is 5.75 Å². The Kier molecular flexibility index (Phi) is 6.89. The van der Waals surface area contributed by atoms with Gasteiger partial charge in [0.1, 0.15) is 17.4 Å². The zero-order valence-electron chi connectivity index (χ0n) is 22.2. The van der Waals surface area contributed by atoms with E-state index in [1.165, 1.54) is 6.42 Å². The quantitative estimate of drug-likeness (QED) is 0.507. The van der Waals surface area contributed by atoms with Crippen molar-refractivity contribution >= 4 is 23.4 Å². The summed E-state index contributed by atoms with van der Waals surface area (Å²) in [5, 5.41) is 6.19. The van der Waals surface area contributed by atoms with Gasteiger partial charge in [-0.15, -0.1) is 0 Å². The lowest BCUT2D eigenvalue weighted by molar-refractivity contribution is -0.142. The van der Waals surface area contributed by atoms with Gasteiger partial charge in [-0.1, -0.05) is 61.7 Å². The normalized spacial score (nSPS) is 29.4. The number of carbonyl (C=O) groups is 3. The van der Waals surface area contributed by atoms with Crippen molar-refractivity contribution in [2.45, 2.75) is 69.4 Å². The lowest BCUT2D eigenvalue weighted by Gasteiger charge is -2.34. The Hall–Kier alpha value is -3.65. The van der Waals surface area contributed by atoms with Gasteiger partial charge in [-0.05, 0) is 49.6 Å². The maximum absolute atomic E-state index is 14.1. The van der Waals surface area contributed by atoms with Crippen LogP contribution >= 0.6 is 0 Å². The molecule has 1 saturated carbocycles. The van der Waals surface area contributed by atoms with Gasteiger partial charge in [0.2, 0.25) is 17.7 Å². The van der Waals surface area contributed by atoms with Crippen LogP contribution in [0.1, 0.15) is 44.6 Å². The van der Waals surface area contributed by atoms with Crippen LogP contribution in [0.4, 0.5) is 5.69 Å². The van der Waals surface area contributed by atoms with Crippen molar-refractivity contribution in [3.05, 3.63) is 72.3 Å². The third kappa shape index (κ3) is 4.61. The van der Waals surface area contributed by atoms with Gasteiger partial charge in [0, 0.05) is 18.3 Å². The van der Waals surface area contributed by atoms with Gasteiger partial charge >= 0.3 is 0 Å². The lowest BCUT2D eigenvalue weighted by Crippen LogP contribution is -2.56. The number of benzene rings is 2. The third-order valence-corrected chi connectivity index (χ3v) is 8.51. The van der Waals surface area contributed by atoms with E-state index in [0.717, 1.165) is 37.0 Å². The minimum Gasteiger partial charge on any atom is -0.494 e. The first kappa shape index (κ1) is 25.6. The van der Waals surface area contributed by atoms with Crippen molar-refractivity contribution in [3.8, 4) is 5.75 Å². The average molecular weight is 530 g/mol. The number of nitrogens with zero attached hydrogens (tertiary/aromatic N) is 1. The fourth-order valence-corrected chi connectivity index (χ4v) is 6.77. The molecule has 0 aromatic heterocycles. The van der Waals surface area contributed by atoms with Crippen LogP contribution in [0.2, 0.25) is 0 Å². The Morgan fingerprint density at radius 2 is 1.77 bits per heavy atom. The molecule has 5 atom stereocenters. The minimum absolute atomic E-state index is 0.0942. The molecule has 1 aliphatic carbocycles. The summed E-state index contributed by atoms with van der Waals surface area (Å²) in [7, 11) is 0. The number of hydrogen-bond donors (Lipinski definition) is 2. The van der Waals surface area contributed by atoms with Crippen molar-refractivity contribution in [1.29, 1.82) is 0 Å². The van der Waals surface area contributed by atoms with E-state index >= 15 is 0 Å². The smallest absolute Gasteiger partial charge is 0.246 e. The molecule has 8 nitrogen and oxygen atoms in total. The van der Waals surface area contributed by atoms with E-state index in [1.54, 1.807) is 29.2 Å². The SMILES string of the molecule is CCOc1ccc(NC(=O)C2C3C=CC4(O3)C2C(=O)N(Cc2ccccc2)C4C(=O)NC2CCCCC2)cc1. The van der Waals surface area contributed by atoms with E-state index in [9.17, 15) is 14.4 Å². The van der Waals surface area contributed by atoms with E-state index in [2.05, 4.69) is 10.6 Å². The number of carbonyl (C=O) groups excluding carboxylic acids is 3. The van der Waals surface area contributed by atoms with Gasteiger partial charge in [-0.25, -0.2) is 0 Å². The topological polar surface area (TPSA) is 97.0 Å². The molecule has 4 aliphatic rings. The van der Waals surface area contributed by atoms with E-state index in [4.69, 9.17) is 9.47 Å². The summed E-state index contributed by atoms with van der Waals surface area (Å²) >= 11 is 0. The Labute approximate surface area is 228 Å². The molecule has 5 unspecified atom stereocenters. The van der Waals surface area contributed by atoms with Crippen molar-refractivity contribution in [1.82, 2.24) is 10.2 Å². The highest BCUT2D eigenvalue weighted by Gasteiger charge is 2.72. The molecule has 6 rings (SSSR count). The monoisotopic (exact) mass is 529 g/mol. The molecular formula is C31H35N3O5. The van der Waals surface area contributed by atoms with Gasteiger partial charge < -0.3 is 25.0 Å². The molecule has 3 aliphatic heterocycles. The van der Waals surface area contributed by atoms with Crippen LogP contribution in [0.15, 0.2) is 66.7 Å². The molecule has 1 spiro atoms. The van der Waals surface area contributed by atoms with E-state index in [1.807, 2.05) is 49.4 Å². The Balaban J connectivity index is 1.28. The number of amides is 3. The van der Waals surface area contributed by atoms with Gasteiger partial charge in [0.15, 0.2) is 0 Å². The predicted octanol–water partition coefficient (Wildman–Crippen LogP) is 3.82. The number of ether oxygens (including phenoxy) is 2. The highest BCUT2D eigenvalue weighted by atomic mass is 16.5. The van der Waals surface area contributed by atoms with Crippen molar-refractivity contribution in [2.24, 2.45) is 11.8 Å². The molecule has 204 valence electrons. The lowest BCUT2D eigenvalue weighted by atomic mass is 9.74. The summed E-state index contributed by atoms with van der Waals surface area (Å²) in [6.07, 6.45) is 8.37. The Morgan fingerprint density at radius 3 is 2.49 bits per heavy atom. The highest BCUT2D eigenvalue weighted by molar-refractivity contribution is 6.02. The zero-order chi connectivity index (χ0) is 27.0. The van der Waals surface area contributed by atoms with Crippen LogP contribution in [0.3, 0.4) is 0 Å². The summed E-state index contributed by atoms with van der Waals surface area (Å²) in [5.74, 6) is -1.51. The van der Waals surface area contributed by atoms with E-state index < -0.39 is 29.6 Å². The van der Waals surface area contributed by atoms with Crippen molar-refractivity contribution in [2.75, 3.05) is 11.9 Å². The number of nitrogens with one attached hydrogen (secondary N) is 2. The molecule has 8 heteroatoms. The first-order chi connectivity index (χ1) is 19.0. The molecule has 39 heavy (non-hydrogen) atoms. The molecule has 2 aromatic rings. The van der Waals surface area contributed by atoms with Crippen LogP contribution < -0.4 is 15.4 Å². The number of rotatable bonds is 8. The first-order valence-electron chi connectivity index (χ1n) is 14.1. The fourth-order valence-electron chi connectivity index (χ4n) is 6.77. The molecule has 2 aromatic carbocycles. The molecule has 2 bridgehead atoms. The number of hydrogen-bond acceptors (Lipinski definition) is 5. The fraction of sp³-hybridized carbons (Fsp3) is 0.452. The second kappa shape index (κ2) is 10.5. The average Bonchev–Trinajstić information content (AvgIpc) is 3.59. The van der Waals surface area contributed by atoms with Gasteiger partial charge in [0.25, 0.3) is 0 Å². The van der Waals surface area contributed by atoms with Gasteiger partial charge in [-0.3, -0.25) is 14.4 Å². The number of likely N-dealkylation sites (tertiary alicyclic amines) is 1. The van der Waals surface area contributed by atoms with Crippen molar-refractivity contribution in [3.63, 3.8) is 0 Å². The molecule has 3 heterocycles. The Bertz CT molecular complexity index is 1260. The minimum atomic E-state index is -1.17. The zero-order valence-corrected chi connectivity index (χ0v) is 22.2. The predicted molar refractivity (Wildman–Crippen MR) is 146 cm³/mol. The van der Waals surface area contributed by atoms with E-state index in [0.29, 0.717) is 12.3 Å². The van der Waals surface area contributed by atoms with E-state index in [-0.39, 0.29) is 30.3 Å². The van der Waals surface area contributed by atoms with Crippen LogP contribution in [0, 0.1) is 11.8 Å². The maximum Gasteiger partial charge on any atom is 0.246 e. The molecular weight excluding hydrogens is 494 g/mol. The summed E-state index contributed by atoms with van der Waals surface area (Å²) < 4.78 is 11.9. The summed E-state index contributed by atoms with van der Waals surface area (Å²) in [6.45, 7) is 2.74. The van der Waals surface area contributed by atoms with Crippen LogP contribution in [-0.4, -0.2) is 53.0 Å². The summed E-state index contributed by atoms with van der Waals surface area (Å²) in [4.78, 5) is 43.3. The second-order valence-corrected chi connectivity index (χ2v) is 10.9. The summed E-state index contributed by atoms with van der Waals surface area (Å²) in [5.41, 5.74) is 0.366. The first-order valence-corrected chi connectivity index (χ1v) is 14.1. The van der Waals surface area contributed by atoms with Gasteiger partial charge in [0.05, 0.1) is 24.5 Å². The number of anilines is 1. The maximum atomic E-state index is 14.1. The molecule has 3 fully saturated rings. The van der Waals surface area contributed by atoms with Crippen LogP contribution in [0.25, 0.3) is 0 Å². The third-order valence-electron chi connectivity index (χ3n) is 8.51. The second-order valence-electron chi connectivity index (χ2n) is 10.9. The highest BCUT2D eigenvalue weighted by Crippen LogP contribution is 2.55. The standard InChI is InChI=1S/C31H35N3O5/c1-2-38-23-15-13-22(14-16-23)32-28(35)25-24-17-18-31(39-24)26(25)30(37)34(19-20-9-5-3-6-10-20)27(31)29(36)33-21-11-7-4-8-12-21/h3,5-6,9-10,13-18,21,24-27H,2,4,7-8,11-12,19H2,1H3,(H,32,35)(H,33,36). The van der Waals surface area contributed by atoms with Gasteiger partial charge in [-0.2, -0.15) is 0 Å². The molecule has 3 amide bonds. The Morgan fingerprint density at radius 1 is 1.03 bits per heavy atom.